The van der Waals surface area contributed by atoms with Gasteiger partial charge in [0.1, 0.15) is 0 Å². The molecule has 0 radical (unpaired) electrons. The van der Waals surface area contributed by atoms with Gasteiger partial charge in [-0.05, 0) is 24.7 Å². The van der Waals surface area contributed by atoms with E-state index in [1.165, 1.54) is 0 Å². The van der Waals surface area contributed by atoms with Crippen molar-refractivity contribution in [2.45, 2.75) is 31.6 Å². The summed E-state index contributed by atoms with van der Waals surface area (Å²) in [5.41, 5.74) is 0. The lowest BCUT2D eigenvalue weighted by molar-refractivity contribution is -0.124. The molecule has 2 aliphatic carbocycles. The molecular weight excluding hydrogens is 188 g/mol. The fourth-order valence-corrected chi connectivity index (χ4v) is 2.98. The molecule has 0 spiro atoms. The second kappa shape index (κ2) is 3.17. The first-order valence-corrected chi connectivity index (χ1v) is 5.11. The Labute approximate surface area is 82.1 Å². The molecular formula is C10H15F2NO. The smallest absolute Gasteiger partial charge is 0.248 e. The van der Waals surface area contributed by atoms with Gasteiger partial charge in [-0.3, -0.25) is 4.79 Å². The number of carbonyl (C=O) groups is 1. The molecule has 80 valence electrons. The number of halogens is 2. The summed E-state index contributed by atoms with van der Waals surface area (Å²) in [5.74, 6) is -2.32. The van der Waals surface area contributed by atoms with Crippen LogP contribution >= 0.6 is 0 Å². The number of fused-ring (bicyclic) bond motifs is 1. The van der Waals surface area contributed by atoms with Gasteiger partial charge >= 0.3 is 0 Å². The summed E-state index contributed by atoms with van der Waals surface area (Å²) in [6, 6.07) is 0. The Kier molecular flexibility index (Phi) is 2.24. The van der Waals surface area contributed by atoms with E-state index in [2.05, 4.69) is 5.32 Å². The summed E-state index contributed by atoms with van der Waals surface area (Å²) >= 11 is 0. The van der Waals surface area contributed by atoms with Crippen LogP contribution in [-0.2, 0) is 4.79 Å². The molecule has 2 nitrogen and oxygen atoms in total. The van der Waals surface area contributed by atoms with Crippen molar-refractivity contribution in [3.63, 3.8) is 0 Å². The Morgan fingerprint density at radius 1 is 1.29 bits per heavy atom. The SMILES string of the molecule is CNC(=O)C1C[C@@H]2CC(F)(F)C[C@@H]2C1. The highest BCUT2D eigenvalue weighted by atomic mass is 19.3. The lowest BCUT2D eigenvalue weighted by atomic mass is 10.0. The van der Waals surface area contributed by atoms with Crippen LogP contribution < -0.4 is 5.32 Å². The van der Waals surface area contributed by atoms with Gasteiger partial charge in [-0.1, -0.05) is 0 Å². The van der Waals surface area contributed by atoms with Crippen molar-refractivity contribution in [1.29, 1.82) is 0 Å². The van der Waals surface area contributed by atoms with Crippen LogP contribution in [0, 0.1) is 17.8 Å². The Hall–Kier alpha value is -0.670. The van der Waals surface area contributed by atoms with Gasteiger partial charge in [0.15, 0.2) is 0 Å². The van der Waals surface area contributed by atoms with Crippen molar-refractivity contribution in [3.05, 3.63) is 0 Å². The molecule has 3 atom stereocenters. The van der Waals surface area contributed by atoms with Gasteiger partial charge in [-0.25, -0.2) is 8.78 Å². The third-order valence-corrected chi connectivity index (χ3v) is 3.58. The van der Waals surface area contributed by atoms with Gasteiger partial charge in [0, 0.05) is 25.8 Å². The van der Waals surface area contributed by atoms with Crippen LogP contribution in [0.15, 0.2) is 0 Å². The molecule has 0 saturated heterocycles. The van der Waals surface area contributed by atoms with E-state index in [0.717, 1.165) is 0 Å². The Morgan fingerprint density at radius 2 is 1.79 bits per heavy atom. The number of hydrogen-bond acceptors (Lipinski definition) is 1. The average Bonchev–Trinajstić information content (AvgIpc) is 2.56. The van der Waals surface area contributed by atoms with Crippen LogP contribution in [0.1, 0.15) is 25.7 Å². The molecule has 0 heterocycles. The normalized spacial score (nSPS) is 39.5. The van der Waals surface area contributed by atoms with Crippen molar-refractivity contribution < 1.29 is 13.6 Å². The van der Waals surface area contributed by atoms with Crippen molar-refractivity contribution in [1.82, 2.24) is 5.32 Å². The summed E-state index contributed by atoms with van der Waals surface area (Å²) in [7, 11) is 1.60. The van der Waals surface area contributed by atoms with Crippen LogP contribution in [0.3, 0.4) is 0 Å². The van der Waals surface area contributed by atoms with E-state index in [1.54, 1.807) is 7.05 Å². The second-order valence-corrected chi connectivity index (χ2v) is 4.57. The zero-order valence-corrected chi connectivity index (χ0v) is 8.22. The van der Waals surface area contributed by atoms with Crippen LogP contribution in [-0.4, -0.2) is 18.9 Å². The monoisotopic (exact) mass is 203 g/mol. The lowest BCUT2D eigenvalue weighted by Crippen LogP contribution is -2.26. The van der Waals surface area contributed by atoms with Gasteiger partial charge < -0.3 is 5.32 Å². The lowest BCUT2D eigenvalue weighted by Gasteiger charge is -2.12. The van der Waals surface area contributed by atoms with Gasteiger partial charge in [-0.2, -0.15) is 0 Å². The van der Waals surface area contributed by atoms with Crippen LogP contribution in [0.5, 0.6) is 0 Å². The fraction of sp³-hybridized carbons (Fsp3) is 0.900. The molecule has 0 bridgehead atoms. The summed E-state index contributed by atoms with van der Waals surface area (Å²) in [4.78, 5) is 11.3. The quantitative estimate of drug-likeness (QED) is 0.691. The molecule has 0 aromatic carbocycles. The minimum Gasteiger partial charge on any atom is -0.359 e. The third kappa shape index (κ3) is 1.62. The molecule has 2 aliphatic rings. The Morgan fingerprint density at radius 3 is 2.21 bits per heavy atom. The average molecular weight is 203 g/mol. The number of amides is 1. The zero-order valence-electron chi connectivity index (χ0n) is 8.22. The van der Waals surface area contributed by atoms with E-state index >= 15 is 0 Å². The second-order valence-electron chi connectivity index (χ2n) is 4.57. The summed E-state index contributed by atoms with van der Waals surface area (Å²) in [6.07, 6.45) is 1.29. The number of hydrogen-bond donors (Lipinski definition) is 1. The van der Waals surface area contributed by atoms with E-state index < -0.39 is 5.92 Å². The molecule has 2 rings (SSSR count). The van der Waals surface area contributed by atoms with Crippen molar-refractivity contribution in [2.75, 3.05) is 7.05 Å². The third-order valence-electron chi connectivity index (χ3n) is 3.58. The van der Waals surface area contributed by atoms with Gasteiger partial charge in [-0.15, -0.1) is 0 Å². The first kappa shape index (κ1) is 9.87. The van der Waals surface area contributed by atoms with Crippen LogP contribution in [0.2, 0.25) is 0 Å². The highest BCUT2D eigenvalue weighted by molar-refractivity contribution is 5.78. The maximum atomic E-state index is 13.0. The predicted molar refractivity (Wildman–Crippen MR) is 48.0 cm³/mol. The maximum Gasteiger partial charge on any atom is 0.248 e. The first-order chi connectivity index (χ1) is 6.52. The number of alkyl halides is 2. The molecule has 14 heavy (non-hydrogen) atoms. The van der Waals surface area contributed by atoms with Crippen molar-refractivity contribution in [2.24, 2.45) is 17.8 Å². The van der Waals surface area contributed by atoms with E-state index in [-0.39, 0.29) is 36.5 Å². The van der Waals surface area contributed by atoms with E-state index in [9.17, 15) is 13.6 Å². The number of rotatable bonds is 1. The molecule has 1 amide bonds. The van der Waals surface area contributed by atoms with E-state index in [1.807, 2.05) is 0 Å². The van der Waals surface area contributed by atoms with Gasteiger partial charge in [0.2, 0.25) is 11.8 Å². The van der Waals surface area contributed by atoms with Crippen LogP contribution in [0.4, 0.5) is 8.78 Å². The summed E-state index contributed by atoms with van der Waals surface area (Å²) in [6.45, 7) is 0. The minimum atomic E-state index is -2.47. The topological polar surface area (TPSA) is 29.1 Å². The standard InChI is InChI=1S/C10H15F2NO/c1-13-9(14)6-2-7-4-10(11,12)5-8(7)3-6/h6-8H,2-5H2,1H3,(H,13,14)/t6?,7-,8+. The van der Waals surface area contributed by atoms with Crippen molar-refractivity contribution in [3.8, 4) is 0 Å². The maximum absolute atomic E-state index is 13.0. The zero-order chi connectivity index (χ0) is 10.3. The highest BCUT2D eigenvalue weighted by Gasteiger charge is 2.51. The molecule has 1 N–H and O–H groups in total. The Balaban J connectivity index is 1.97. The van der Waals surface area contributed by atoms with Crippen LogP contribution in [0.25, 0.3) is 0 Å². The highest BCUT2D eigenvalue weighted by Crippen LogP contribution is 2.52. The molecule has 1 unspecified atom stereocenters. The number of carbonyl (C=O) groups excluding carboxylic acids is 1. The molecule has 0 aliphatic heterocycles. The molecule has 4 heteroatoms. The number of nitrogens with one attached hydrogen (secondary N) is 1. The fourth-order valence-electron chi connectivity index (χ4n) is 2.98. The predicted octanol–water partition coefficient (Wildman–Crippen LogP) is 1.80. The molecule has 2 fully saturated rings. The summed E-state index contributed by atoms with van der Waals surface area (Å²) in [5, 5.41) is 2.59. The van der Waals surface area contributed by atoms with E-state index in [4.69, 9.17) is 0 Å². The van der Waals surface area contributed by atoms with E-state index in [0.29, 0.717) is 12.8 Å². The molecule has 0 aromatic rings. The van der Waals surface area contributed by atoms with Crippen molar-refractivity contribution >= 4 is 5.91 Å². The molecule has 0 aromatic heterocycles. The summed E-state index contributed by atoms with van der Waals surface area (Å²) < 4.78 is 26.0. The van der Waals surface area contributed by atoms with Gasteiger partial charge in [0.25, 0.3) is 0 Å². The first-order valence-electron chi connectivity index (χ1n) is 5.11. The largest absolute Gasteiger partial charge is 0.359 e. The Bertz CT molecular complexity index is 239. The van der Waals surface area contributed by atoms with Gasteiger partial charge in [0.05, 0.1) is 0 Å². The molecule has 2 saturated carbocycles. The minimum absolute atomic E-state index is 0.00877.